The van der Waals surface area contributed by atoms with Gasteiger partial charge in [-0.15, -0.1) is 0 Å². The summed E-state index contributed by atoms with van der Waals surface area (Å²) in [6.07, 6.45) is 0. The van der Waals surface area contributed by atoms with E-state index in [0.717, 1.165) is 17.1 Å². The highest BCUT2D eigenvalue weighted by atomic mass is 15.1. The van der Waals surface area contributed by atoms with Crippen LogP contribution in [0.2, 0.25) is 0 Å². The first-order chi connectivity index (χ1) is 25.8. The second-order valence-electron chi connectivity index (χ2n) is 15.8. The zero-order chi connectivity index (χ0) is 35.9. The summed E-state index contributed by atoms with van der Waals surface area (Å²) < 4.78 is 0. The van der Waals surface area contributed by atoms with Crippen molar-refractivity contribution in [3.63, 3.8) is 0 Å². The van der Waals surface area contributed by atoms with Gasteiger partial charge in [-0.1, -0.05) is 161 Å². The lowest BCUT2D eigenvalue weighted by molar-refractivity contribution is 0.660. The Morgan fingerprint density at radius 2 is 0.830 bits per heavy atom. The maximum absolute atomic E-state index is 2.43. The number of nitrogens with zero attached hydrogens (tertiary/aromatic N) is 1. The summed E-state index contributed by atoms with van der Waals surface area (Å²) in [4.78, 5) is 2.43. The summed E-state index contributed by atoms with van der Waals surface area (Å²) in [5.74, 6) is 0. The molecule has 0 aliphatic heterocycles. The van der Waals surface area contributed by atoms with Crippen LogP contribution in [-0.4, -0.2) is 0 Å². The van der Waals surface area contributed by atoms with Gasteiger partial charge in [-0.2, -0.15) is 0 Å². The van der Waals surface area contributed by atoms with Gasteiger partial charge >= 0.3 is 0 Å². The van der Waals surface area contributed by atoms with Crippen LogP contribution in [-0.2, 0) is 10.8 Å². The van der Waals surface area contributed by atoms with Gasteiger partial charge in [-0.3, -0.25) is 0 Å². The SMILES string of the molecule is CC1(C)c2ccccc2-c2ccc(-c3ccc(N(c4cccc(-c5cccc6ccccc56)c4)c4ccc5c(c4)C(C)(C)c4ccccc4-5)cc3)cc21. The highest BCUT2D eigenvalue weighted by molar-refractivity contribution is 5.97. The van der Waals surface area contributed by atoms with E-state index in [1.807, 2.05) is 0 Å². The first kappa shape index (κ1) is 31.5. The molecule has 0 N–H and O–H groups in total. The van der Waals surface area contributed by atoms with E-state index in [4.69, 9.17) is 0 Å². The molecule has 8 aromatic carbocycles. The predicted molar refractivity (Wildman–Crippen MR) is 225 cm³/mol. The molecule has 0 spiro atoms. The predicted octanol–water partition coefficient (Wildman–Crippen LogP) is 14.3. The van der Waals surface area contributed by atoms with E-state index in [2.05, 4.69) is 209 Å². The minimum absolute atomic E-state index is 0.0330. The third kappa shape index (κ3) is 4.84. The van der Waals surface area contributed by atoms with Crippen LogP contribution in [0.4, 0.5) is 17.1 Å². The fraction of sp³-hybridized carbons (Fsp3) is 0.115. The molecule has 2 aliphatic carbocycles. The maximum Gasteiger partial charge on any atom is 0.0467 e. The van der Waals surface area contributed by atoms with Gasteiger partial charge in [-0.05, 0) is 120 Å². The molecule has 8 aromatic rings. The van der Waals surface area contributed by atoms with Crippen molar-refractivity contribution >= 4 is 27.8 Å². The molecule has 0 bridgehead atoms. The largest absolute Gasteiger partial charge is 0.310 e. The molecular formula is C52H41N. The minimum atomic E-state index is -0.0940. The molecule has 0 atom stereocenters. The van der Waals surface area contributed by atoms with E-state index < -0.39 is 0 Å². The molecule has 0 fully saturated rings. The fourth-order valence-electron chi connectivity index (χ4n) is 9.26. The van der Waals surface area contributed by atoms with Crippen LogP contribution < -0.4 is 4.90 Å². The van der Waals surface area contributed by atoms with E-state index in [1.54, 1.807) is 0 Å². The van der Waals surface area contributed by atoms with Crippen molar-refractivity contribution in [1.82, 2.24) is 0 Å². The van der Waals surface area contributed by atoms with Crippen molar-refractivity contribution in [3.05, 3.63) is 198 Å². The fourth-order valence-corrected chi connectivity index (χ4v) is 9.26. The average molecular weight is 680 g/mol. The molecule has 0 aromatic heterocycles. The molecule has 0 unspecified atom stereocenters. The Morgan fingerprint density at radius 1 is 0.321 bits per heavy atom. The Bertz CT molecular complexity index is 2720. The third-order valence-corrected chi connectivity index (χ3v) is 12.1. The highest BCUT2D eigenvalue weighted by Gasteiger charge is 2.36. The summed E-state index contributed by atoms with van der Waals surface area (Å²) >= 11 is 0. The second kappa shape index (κ2) is 11.7. The molecule has 0 radical (unpaired) electrons. The lowest BCUT2D eigenvalue weighted by Crippen LogP contribution is -2.16. The first-order valence-electron chi connectivity index (χ1n) is 18.8. The van der Waals surface area contributed by atoms with Gasteiger partial charge in [-0.25, -0.2) is 0 Å². The molecule has 1 nitrogen and oxygen atoms in total. The van der Waals surface area contributed by atoms with Gasteiger partial charge in [0.25, 0.3) is 0 Å². The highest BCUT2D eigenvalue weighted by Crippen LogP contribution is 2.52. The Morgan fingerprint density at radius 3 is 1.57 bits per heavy atom. The molecule has 0 heterocycles. The van der Waals surface area contributed by atoms with Crippen LogP contribution in [0.1, 0.15) is 49.9 Å². The molecule has 1 heteroatoms. The van der Waals surface area contributed by atoms with E-state index >= 15 is 0 Å². The number of hydrogen-bond acceptors (Lipinski definition) is 1. The Balaban J connectivity index is 1.09. The minimum Gasteiger partial charge on any atom is -0.310 e. The van der Waals surface area contributed by atoms with Crippen LogP contribution in [0.3, 0.4) is 0 Å². The molecule has 2 aliphatic rings. The number of anilines is 3. The lowest BCUT2D eigenvalue weighted by atomic mass is 9.81. The summed E-state index contributed by atoms with van der Waals surface area (Å²) in [6.45, 7) is 9.42. The van der Waals surface area contributed by atoms with Crippen molar-refractivity contribution in [2.75, 3.05) is 4.90 Å². The van der Waals surface area contributed by atoms with Gasteiger partial charge in [0.05, 0.1) is 0 Å². The quantitative estimate of drug-likeness (QED) is 0.175. The summed E-state index contributed by atoms with van der Waals surface area (Å²) in [5.41, 5.74) is 19.2. The number of benzene rings is 8. The van der Waals surface area contributed by atoms with Gasteiger partial charge in [0.15, 0.2) is 0 Å². The number of rotatable bonds is 5. The summed E-state index contributed by atoms with van der Waals surface area (Å²) in [6, 6.07) is 65.3. The topological polar surface area (TPSA) is 3.24 Å². The number of fused-ring (bicyclic) bond motifs is 7. The second-order valence-corrected chi connectivity index (χ2v) is 15.8. The molecule has 0 amide bonds. The molecule has 0 saturated carbocycles. The van der Waals surface area contributed by atoms with Gasteiger partial charge in [0, 0.05) is 27.9 Å². The van der Waals surface area contributed by atoms with Crippen LogP contribution in [0.5, 0.6) is 0 Å². The monoisotopic (exact) mass is 679 g/mol. The van der Waals surface area contributed by atoms with E-state index in [0.29, 0.717) is 0 Å². The Hall–Kier alpha value is -6.18. The standard InChI is InChI=1S/C52H41N/c1-51(2)47-21-9-7-18-43(47)45-29-25-36(32-49(45)51)34-23-26-38(27-24-34)53(40-28-30-46-44-19-8-10-22-48(44)52(3,4)50(46)33-40)39-16-11-15-37(31-39)42-20-12-14-35-13-5-6-17-41(35)42/h5-33H,1-4H3. The van der Waals surface area contributed by atoms with Crippen molar-refractivity contribution in [2.45, 2.75) is 38.5 Å². The van der Waals surface area contributed by atoms with Crippen molar-refractivity contribution in [2.24, 2.45) is 0 Å². The van der Waals surface area contributed by atoms with Gasteiger partial charge in [0.1, 0.15) is 0 Å². The molecule has 0 saturated heterocycles. The van der Waals surface area contributed by atoms with Crippen LogP contribution >= 0.6 is 0 Å². The summed E-state index contributed by atoms with van der Waals surface area (Å²) in [5, 5.41) is 2.52. The normalized spacial score (nSPS) is 14.3. The number of hydrogen-bond donors (Lipinski definition) is 0. The molecule has 254 valence electrons. The first-order valence-corrected chi connectivity index (χ1v) is 18.8. The molecule has 53 heavy (non-hydrogen) atoms. The van der Waals surface area contributed by atoms with Crippen molar-refractivity contribution < 1.29 is 0 Å². The lowest BCUT2D eigenvalue weighted by Gasteiger charge is -2.28. The van der Waals surface area contributed by atoms with Gasteiger partial charge < -0.3 is 4.90 Å². The smallest absolute Gasteiger partial charge is 0.0467 e. The van der Waals surface area contributed by atoms with Crippen LogP contribution in [0.15, 0.2) is 176 Å². The summed E-state index contributed by atoms with van der Waals surface area (Å²) in [7, 11) is 0. The van der Waals surface area contributed by atoms with Crippen molar-refractivity contribution in [3.8, 4) is 44.5 Å². The zero-order valence-corrected chi connectivity index (χ0v) is 30.7. The van der Waals surface area contributed by atoms with Gasteiger partial charge in [0.2, 0.25) is 0 Å². The van der Waals surface area contributed by atoms with E-state index in [-0.39, 0.29) is 10.8 Å². The Labute approximate surface area is 312 Å². The van der Waals surface area contributed by atoms with Crippen LogP contribution in [0.25, 0.3) is 55.3 Å². The van der Waals surface area contributed by atoms with E-state index in [1.165, 1.54) is 77.5 Å². The Kier molecular flexibility index (Phi) is 6.94. The van der Waals surface area contributed by atoms with Crippen LogP contribution in [0, 0.1) is 0 Å². The van der Waals surface area contributed by atoms with E-state index in [9.17, 15) is 0 Å². The zero-order valence-electron chi connectivity index (χ0n) is 30.7. The third-order valence-electron chi connectivity index (χ3n) is 12.1. The maximum atomic E-state index is 2.43. The van der Waals surface area contributed by atoms with Crippen molar-refractivity contribution in [1.29, 1.82) is 0 Å². The molecular weight excluding hydrogens is 639 g/mol. The average Bonchev–Trinajstić information content (AvgIpc) is 3.57. The molecule has 10 rings (SSSR count).